The zero-order chi connectivity index (χ0) is 21.0. The highest BCUT2D eigenvalue weighted by atomic mass is 79.9. The fourth-order valence-electron chi connectivity index (χ4n) is 2.76. The monoisotopic (exact) mass is 460 g/mol. The third-order valence-electron chi connectivity index (χ3n) is 4.15. The van der Waals surface area contributed by atoms with Crippen molar-refractivity contribution in [3.8, 4) is 0 Å². The minimum atomic E-state index is -0.466. The van der Waals surface area contributed by atoms with Gasteiger partial charge in [0.15, 0.2) is 0 Å². The van der Waals surface area contributed by atoms with Crippen molar-refractivity contribution in [3.05, 3.63) is 58.3 Å². The van der Waals surface area contributed by atoms with Gasteiger partial charge in [-0.25, -0.2) is 9.40 Å². The Kier molecular flexibility index (Phi) is 6.38. The number of hydrazone groups is 1. The lowest BCUT2D eigenvalue weighted by molar-refractivity contribution is -0.132. The first-order valence-corrected chi connectivity index (χ1v) is 9.62. The Morgan fingerprint density at radius 1 is 1.10 bits per heavy atom. The molecule has 29 heavy (non-hydrogen) atoms. The lowest BCUT2D eigenvalue weighted by atomic mass is 10.1. The maximum atomic E-state index is 13.1. The Hall–Kier alpha value is -3.07. The summed E-state index contributed by atoms with van der Waals surface area (Å²) in [5, 5.41) is 10.8. The maximum absolute atomic E-state index is 13.1. The van der Waals surface area contributed by atoms with Gasteiger partial charge in [-0.3, -0.25) is 14.4 Å². The Balaban J connectivity index is 1.78. The molecular weight excluding hydrogens is 443 g/mol. The molecule has 150 valence electrons. The molecule has 0 saturated heterocycles. The van der Waals surface area contributed by atoms with E-state index in [-0.39, 0.29) is 42.7 Å². The van der Waals surface area contributed by atoms with Gasteiger partial charge < -0.3 is 10.6 Å². The molecule has 1 aliphatic rings. The minimum absolute atomic E-state index is 0.143. The van der Waals surface area contributed by atoms with Crippen LogP contribution in [0.4, 0.5) is 15.8 Å². The highest BCUT2D eigenvalue weighted by molar-refractivity contribution is 9.10. The summed E-state index contributed by atoms with van der Waals surface area (Å²) >= 11 is 3.33. The van der Waals surface area contributed by atoms with Crippen LogP contribution in [-0.4, -0.2) is 28.4 Å². The summed E-state index contributed by atoms with van der Waals surface area (Å²) in [6, 6.07) is 10.8. The Morgan fingerprint density at radius 3 is 2.52 bits per heavy atom. The van der Waals surface area contributed by atoms with Crippen molar-refractivity contribution in [3.63, 3.8) is 0 Å². The van der Waals surface area contributed by atoms with Crippen molar-refractivity contribution >= 4 is 50.7 Å². The predicted molar refractivity (Wildman–Crippen MR) is 111 cm³/mol. The lowest BCUT2D eigenvalue weighted by Gasteiger charge is -2.23. The van der Waals surface area contributed by atoms with Crippen LogP contribution in [0.15, 0.2) is 52.0 Å². The van der Waals surface area contributed by atoms with Crippen molar-refractivity contribution < 1.29 is 18.8 Å². The van der Waals surface area contributed by atoms with Gasteiger partial charge in [0.05, 0.1) is 17.9 Å². The summed E-state index contributed by atoms with van der Waals surface area (Å²) in [4.78, 5) is 36.3. The molecule has 0 spiro atoms. The standard InChI is InChI=1S/C20H18BrFN4O3/c1-12(27)23-16-7-4-14(21)10-18(16)24-20(29)17-8-9-19(28)26(25-17)11-13-2-5-15(22)6-3-13/h2-7,10H,8-9,11H2,1H3,(H,23,27)(H,24,29). The molecule has 0 saturated carbocycles. The Bertz CT molecular complexity index is 992. The van der Waals surface area contributed by atoms with E-state index in [2.05, 4.69) is 31.7 Å². The lowest BCUT2D eigenvalue weighted by Crippen LogP contribution is -2.36. The fourth-order valence-corrected chi connectivity index (χ4v) is 3.13. The van der Waals surface area contributed by atoms with E-state index < -0.39 is 5.91 Å². The number of benzene rings is 2. The zero-order valence-corrected chi connectivity index (χ0v) is 17.1. The van der Waals surface area contributed by atoms with Gasteiger partial charge in [0, 0.05) is 24.2 Å². The average Bonchev–Trinajstić information content (AvgIpc) is 2.67. The molecule has 0 unspecified atom stereocenters. The van der Waals surface area contributed by atoms with Crippen LogP contribution in [-0.2, 0) is 20.9 Å². The molecule has 7 nitrogen and oxygen atoms in total. The highest BCUT2D eigenvalue weighted by Gasteiger charge is 2.25. The van der Waals surface area contributed by atoms with Gasteiger partial charge >= 0.3 is 0 Å². The molecule has 2 aromatic rings. The molecule has 3 amide bonds. The van der Waals surface area contributed by atoms with Gasteiger partial charge in [0.25, 0.3) is 5.91 Å². The summed E-state index contributed by atoms with van der Waals surface area (Å²) in [5.74, 6) is -1.32. The van der Waals surface area contributed by atoms with Crippen molar-refractivity contribution in [2.45, 2.75) is 26.3 Å². The highest BCUT2D eigenvalue weighted by Crippen LogP contribution is 2.26. The summed E-state index contributed by atoms with van der Waals surface area (Å²) in [5.41, 5.74) is 1.75. The predicted octanol–water partition coefficient (Wildman–Crippen LogP) is 3.66. The second-order valence-corrected chi connectivity index (χ2v) is 7.37. The van der Waals surface area contributed by atoms with E-state index in [4.69, 9.17) is 0 Å². The molecule has 2 aromatic carbocycles. The molecule has 1 aliphatic heterocycles. The number of amides is 3. The van der Waals surface area contributed by atoms with Crippen molar-refractivity contribution in [2.24, 2.45) is 5.10 Å². The van der Waals surface area contributed by atoms with Gasteiger partial charge in [-0.2, -0.15) is 5.10 Å². The van der Waals surface area contributed by atoms with E-state index in [9.17, 15) is 18.8 Å². The SMILES string of the molecule is CC(=O)Nc1ccc(Br)cc1NC(=O)C1=NN(Cc2ccc(F)cc2)C(=O)CC1. The molecule has 0 bridgehead atoms. The molecule has 1 heterocycles. The smallest absolute Gasteiger partial charge is 0.271 e. The average molecular weight is 461 g/mol. The first-order chi connectivity index (χ1) is 13.8. The van der Waals surface area contributed by atoms with Crippen molar-refractivity contribution in [1.82, 2.24) is 5.01 Å². The molecule has 9 heteroatoms. The number of nitrogens with one attached hydrogen (secondary N) is 2. The van der Waals surface area contributed by atoms with Crippen LogP contribution < -0.4 is 10.6 Å². The van der Waals surface area contributed by atoms with Crippen LogP contribution in [0, 0.1) is 5.82 Å². The molecule has 3 rings (SSSR count). The summed E-state index contributed by atoms with van der Waals surface area (Å²) < 4.78 is 13.8. The molecule has 0 fully saturated rings. The number of anilines is 2. The Morgan fingerprint density at radius 2 is 1.83 bits per heavy atom. The van der Waals surface area contributed by atoms with Gasteiger partial charge in [-0.05, 0) is 35.9 Å². The van der Waals surface area contributed by atoms with E-state index in [1.807, 2.05) is 0 Å². The van der Waals surface area contributed by atoms with Crippen molar-refractivity contribution in [2.75, 3.05) is 10.6 Å². The molecular formula is C20H18BrFN4O3. The molecule has 0 radical (unpaired) electrons. The van der Waals surface area contributed by atoms with Crippen molar-refractivity contribution in [1.29, 1.82) is 0 Å². The molecule has 0 aliphatic carbocycles. The molecule has 0 atom stereocenters. The van der Waals surface area contributed by atoms with Crippen LogP contribution in [0.2, 0.25) is 0 Å². The molecule has 0 aromatic heterocycles. The van der Waals surface area contributed by atoms with Gasteiger partial charge in [-0.15, -0.1) is 0 Å². The largest absolute Gasteiger partial charge is 0.325 e. The first-order valence-electron chi connectivity index (χ1n) is 8.82. The van der Waals surface area contributed by atoms with E-state index in [0.717, 1.165) is 4.47 Å². The van der Waals surface area contributed by atoms with Crippen LogP contribution in [0.5, 0.6) is 0 Å². The maximum Gasteiger partial charge on any atom is 0.271 e. The van der Waals surface area contributed by atoms with Crippen LogP contribution in [0.1, 0.15) is 25.3 Å². The van der Waals surface area contributed by atoms with E-state index in [1.165, 1.54) is 24.1 Å². The molecule has 2 N–H and O–H groups in total. The van der Waals surface area contributed by atoms with E-state index >= 15 is 0 Å². The van der Waals surface area contributed by atoms with Crippen LogP contribution in [0.25, 0.3) is 0 Å². The van der Waals surface area contributed by atoms with E-state index in [0.29, 0.717) is 16.9 Å². The number of halogens is 2. The summed E-state index contributed by atoms with van der Waals surface area (Å²) in [6.07, 6.45) is 0.346. The van der Waals surface area contributed by atoms with Gasteiger partial charge in [0.2, 0.25) is 11.8 Å². The summed E-state index contributed by atoms with van der Waals surface area (Å²) in [6.45, 7) is 1.52. The zero-order valence-electron chi connectivity index (χ0n) is 15.5. The normalized spacial score (nSPS) is 13.7. The number of hydrogen-bond donors (Lipinski definition) is 2. The van der Waals surface area contributed by atoms with E-state index in [1.54, 1.807) is 30.3 Å². The minimum Gasteiger partial charge on any atom is -0.325 e. The quantitative estimate of drug-likeness (QED) is 0.712. The van der Waals surface area contributed by atoms with Gasteiger partial charge in [-0.1, -0.05) is 28.1 Å². The Labute approximate surface area is 175 Å². The van der Waals surface area contributed by atoms with Crippen LogP contribution in [0.3, 0.4) is 0 Å². The second kappa shape index (κ2) is 8.95. The summed E-state index contributed by atoms with van der Waals surface area (Å²) in [7, 11) is 0. The fraction of sp³-hybridized carbons (Fsp3) is 0.200. The van der Waals surface area contributed by atoms with Crippen LogP contribution >= 0.6 is 15.9 Å². The number of hydrogen-bond acceptors (Lipinski definition) is 4. The number of carbonyl (C=O) groups is 3. The third-order valence-corrected chi connectivity index (χ3v) is 4.65. The first kappa shape index (κ1) is 20.7. The second-order valence-electron chi connectivity index (χ2n) is 6.45. The third kappa shape index (κ3) is 5.47. The van der Waals surface area contributed by atoms with Gasteiger partial charge in [0.1, 0.15) is 11.5 Å². The number of carbonyl (C=O) groups excluding carboxylic acids is 3. The number of rotatable bonds is 5. The topological polar surface area (TPSA) is 90.9 Å². The number of nitrogens with zero attached hydrogens (tertiary/aromatic N) is 2.